The summed E-state index contributed by atoms with van der Waals surface area (Å²) < 4.78 is 36.8. The van der Waals surface area contributed by atoms with Crippen molar-refractivity contribution in [2.24, 2.45) is 0 Å². The zero-order chi connectivity index (χ0) is 13.9. The maximum Gasteiger partial charge on any atom is 0.401 e. The average Bonchev–Trinajstić information content (AvgIpc) is 2.38. The van der Waals surface area contributed by atoms with Crippen LogP contribution in [0.25, 0.3) is 0 Å². The zero-order valence-corrected chi connectivity index (χ0v) is 10.3. The minimum absolute atomic E-state index is 0.360. The highest BCUT2D eigenvalue weighted by atomic mass is 19.4. The molecule has 0 unspecified atom stereocenters. The van der Waals surface area contributed by atoms with E-state index in [1.807, 2.05) is 17.0 Å². The zero-order valence-electron chi connectivity index (χ0n) is 10.3. The van der Waals surface area contributed by atoms with Crippen LogP contribution in [-0.4, -0.2) is 43.8 Å². The lowest BCUT2D eigenvalue weighted by Gasteiger charge is -2.36. The standard InChI is InChI=1S/C13H14F3N3/c14-13(15,16)10-18-5-7-19(8-6-18)12-4-2-1-3-11(12)9-17/h1-4H,5-8,10H2. The number of nitriles is 1. The van der Waals surface area contributed by atoms with Gasteiger partial charge in [0.25, 0.3) is 0 Å². The van der Waals surface area contributed by atoms with E-state index in [0.717, 1.165) is 5.69 Å². The summed E-state index contributed by atoms with van der Waals surface area (Å²) in [4.78, 5) is 3.36. The summed E-state index contributed by atoms with van der Waals surface area (Å²) in [5.41, 5.74) is 1.36. The van der Waals surface area contributed by atoms with Crippen molar-refractivity contribution < 1.29 is 13.2 Å². The van der Waals surface area contributed by atoms with Gasteiger partial charge in [-0.3, -0.25) is 4.90 Å². The van der Waals surface area contributed by atoms with Gasteiger partial charge < -0.3 is 4.90 Å². The quantitative estimate of drug-likeness (QED) is 0.825. The van der Waals surface area contributed by atoms with Crippen LogP contribution in [0.2, 0.25) is 0 Å². The molecule has 6 heteroatoms. The molecule has 1 aliphatic heterocycles. The lowest BCUT2D eigenvalue weighted by Crippen LogP contribution is -2.49. The molecule has 0 atom stereocenters. The molecule has 1 heterocycles. The van der Waals surface area contributed by atoms with Gasteiger partial charge >= 0.3 is 6.18 Å². The fourth-order valence-corrected chi connectivity index (χ4v) is 2.24. The van der Waals surface area contributed by atoms with Gasteiger partial charge in [0, 0.05) is 26.2 Å². The first-order valence-electron chi connectivity index (χ1n) is 6.03. The highest BCUT2D eigenvalue weighted by molar-refractivity contribution is 5.59. The number of hydrogen-bond acceptors (Lipinski definition) is 3. The summed E-state index contributed by atoms with van der Waals surface area (Å²) >= 11 is 0. The Morgan fingerprint density at radius 3 is 2.32 bits per heavy atom. The van der Waals surface area contributed by atoms with Gasteiger partial charge in [0.1, 0.15) is 6.07 Å². The molecule has 3 nitrogen and oxygen atoms in total. The molecule has 1 aromatic carbocycles. The molecule has 1 aliphatic rings. The van der Waals surface area contributed by atoms with Crippen LogP contribution >= 0.6 is 0 Å². The van der Waals surface area contributed by atoms with E-state index >= 15 is 0 Å². The van der Waals surface area contributed by atoms with Crippen LogP contribution in [0.1, 0.15) is 5.56 Å². The summed E-state index contributed by atoms with van der Waals surface area (Å²) in [6, 6.07) is 9.27. The van der Waals surface area contributed by atoms with E-state index in [4.69, 9.17) is 5.26 Å². The Labute approximate surface area is 109 Å². The van der Waals surface area contributed by atoms with Crippen molar-refractivity contribution in [3.63, 3.8) is 0 Å². The molecule has 1 fully saturated rings. The Balaban J connectivity index is 1.99. The highest BCUT2D eigenvalue weighted by Crippen LogP contribution is 2.22. The molecule has 0 N–H and O–H groups in total. The van der Waals surface area contributed by atoms with Crippen molar-refractivity contribution in [1.82, 2.24) is 4.90 Å². The van der Waals surface area contributed by atoms with E-state index < -0.39 is 12.7 Å². The number of anilines is 1. The molecule has 0 amide bonds. The predicted molar refractivity (Wildman–Crippen MR) is 65.9 cm³/mol. The topological polar surface area (TPSA) is 30.3 Å². The van der Waals surface area contributed by atoms with Crippen LogP contribution in [0.3, 0.4) is 0 Å². The van der Waals surface area contributed by atoms with Crippen molar-refractivity contribution in [3.05, 3.63) is 29.8 Å². The van der Waals surface area contributed by atoms with Crippen LogP contribution in [0.5, 0.6) is 0 Å². The maximum absolute atomic E-state index is 12.3. The fraction of sp³-hybridized carbons (Fsp3) is 0.462. The van der Waals surface area contributed by atoms with Gasteiger partial charge in [0.2, 0.25) is 0 Å². The Hall–Kier alpha value is -1.74. The average molecular weight is 269 g/mol. The number of halogens is 3. The largest absolute Gasteiger partial charge is 0.401 e. The van der Waals surface area contributed by atoms with Crippen LogP contribution in [0.15, 0.2) is 24.3 Å². The summed E-state index contributed by atoms with van der Waals surface area (Å²) in [6.45, 7) is 0.878. The number of para-hydroxylation sites is 1. The van der Waals surface area contributed by atoms with Gasteiger partial charge in [0.05, 0.1) is 17.8 Å². The SMILES string of the molecule is N#Cc1ccccc1N1CCN(CC(F)(F)F)CC1. The van der Waals surface area contributed by atoms with Gasteiger partial charge in [-0.1, -0.05) is 12.1 Å². The third-order valence-electron chi connectivity index (χ3n) is 3.14. The minimum atomic E-state index is -4.15. The summed E-state index contributed by atoms with van der Waals surface area (Å²) in [7, 11) is 0. The first kappa shape index (κ1) is 13.7. The van der Waals surface area contributed by atoms with E-state index in [9.17, 15) is 13.2 Å². The summed E-state index contributed by atoms with van der Waals surface area (Å²) in [5, 5.41) is 9.02. The molecule has 1 saturated heterocycles. The van der Waals surface area contributed by atoms with E-state index in [0.29, 0.717) is 31.7 Å². The van der Waals surface area contributed by atoms with E-state index in [1.54, 1.807) is 12.1 Å². The number of alkyl halides is 3. The number of hydrogen-bond donors (Lipinski definition) is 0. The third kappa shape index (κ3) is 3.61. The molecule has 0 spiro atoms. The molecule has 102 valence electrons. The first-order valence-corrected chi connectivity index (χ1v) is 6.03. The van der Waals surface area contributed by atoms with Crippen molar-refractivity contribution >= 4 is 5.69 Å². The van der Waals surface area contributed by atoms with E-state index in [1.165, 1.54) is 4.90 Å². The molecule has 0 radical (unpaired) electrons. The van der Waals surface area contributed by atoms with Crippen molar-refractivity contribution in [2.75, 3.05) is 37.6 Å². The van der Waals surface area contributed by atoms with Gasteiger partial charge in [0.15, 0.2) is 0 Å². The molecule has 0 aliphatic carbocycles. The number of piperazine rings is 1. The lowest BCUT2D eigenvalue weighted by atomic mass is 10.1. The Morgan fingerprint density at radius 2 is 1.74 bits per heavy atom. The monoisotopic (exact) mass is 269 g/mol. The van der Waals surface area contributed by atoms with Crippen LogP contribution in [0.4, 0.5) is 18.9 Å². The molecule has 2 rings (SSSR count). The first-order chi connectivity index (χ1) is 8.99. The summed E-state index contributed by atoms with van der Waals surface area (Å²) in [5.74, 6) is 0. The number of rotatable bonds is 2. The normalized spacial score (nSPS) is 17.3. The fourth-order valence-electron chi connectivity index (χ4n) is 2.24. The Kier molecular flexibility index (Phi) is 3.96. The van der Waals surface area contributed by atoms with Gasteiger partial charge in [-0.2, -0.15) is 18.4 Å². The maximum atomic E-state index is 12.3. The lowest BCUT2D eigenvalue weighted by molar-refractivity contribution is -0.146. The Bertz CT molecular complexity index is 471. The molecule has 1 aromatic rings. The molecule has 0 aromatic heterocycles. The van der Waals surface area contributed by atoms with E-state index in [-0.39, 0.29) is 0 Å². The van der Waals surface area contributed by atoms with Gasteiger partial charge in [-0.15, -0.1) is 0 Å². The van der Waals surface area contributed by atoms with E-state index in [2.05, 4.69) is 6.07 Å². The highest BCUT2D eigenvalue weighted by Gasteiger charge is 2.32. The van der Waals surface area contributed by atoms with Gasteiger partial charge in [-0.25, -0.2) is 0 Å². The number of nitrogens with zero attached hydrogens (tertiary/aromatic N) is 3. The molecule has 0 saturated carbocycles. The van der Waals surface area contributed by atoms with Gasteiger partial charge in [-0.05, 0) is 12.1 Å². The molecule has 19 heavy (non-hydrogen) atoms. The second-order valence-electron chi connectivity index (χ2n) is 4.51. The van der Waals surface area contributed by atoms with Crippen LogP contribution in [0, 0.1) is 11.3 Å². The second-order valence-corrected chi connectivity index (χ2v) is 4.51. The second kappa shape index (κ2) is 5.49. The minimum Gasteiger partial charge on any atom is -0.368 e. The van der Waals surface area contributed by atoms with Crippen LogP contribution < -0.4 is 4.90 Å². The third-order valence-corrected chi connectivity index (χ3v) is 3.14. The molecule has 0 bridgehead atoms. The number of benzene rings is 1. The van der Waals surface area contributed by atoms with Crippen molar-refractivity contribution in [2.45, 2.75) is 6.18 Å². The predicted octanol–water partition coefficient (Wildman–Crippen LogP) is 2.24. The Morgan fingerprint density at radius 1 is 1.11 bits per heavy atom. The van der Waals surface area contributed by atoms with Crippen molar-refractivity contribution in [3.8, 4) is 6.07 Å². The summed E-state index contributed by atoms with van der Waals surface area (Å²) in [6.07, 6.45) is -4.15. The molecular formula is C13H14F3N3. The van der Waals surface area contributed by atoms with Crippen molar-refractivity contribution in [1.29, 1.82) is 5.26 Å². The molecular weight excluding hydrogens is 255 g/mol. The van der Waals surface area contributed by atoms with Crippen LogP contribution in [-0.2, 0) is 0 Å². The smallest absolute Gasteiger partial charge is 0.368 e.